The lowest BCUT2D eigenvalue weighted by molar-refractivity contribution is 0.0973. The summed E-state index contributed by atoms with van der Waals surface area (Å²) in [5.41, 5.74) is 1.96. The molecule has 3 heteroatoms. The third-order valence-electron chi connectivity index (χ3n) is 3.80. The normalized spacial score (nSPS) is 16.2. The minimum atomic E-state index is 0.259. The number of hydrogen-bond donors (Lipinski definition) is 0. The smallest absolute Gasteiger partial charge is 0.164 e. The molecule has 1 aliphatic carbocycles. The van der Waals surface area contributed by atoms with E-state index in [9.17, 15) is 4.79 Å². The molecule has 1 fully saturated rings. The van der Waals surface area contributed by atoms with Gasteiger partial charge in [-0.05, 0) is 37.0 Å². The molecule has 0 aliphatic heterocycles. The minimum absolute atomic E-state index is 0.259. The number of carbonyl (C=O) groups excluding carboxylic acids is 1. The number of rotatable bonds is 4. The molecule has 0 unspecified atom stereocenters. The highest BCUT2D eigenvalue weighted by Gasteiger charge is 2.18. The molecule has 0 N–H and O–H groups in total. The van der Waals surface area contributed by atoms with E-state index in [1.165, 1.54) is 25.7 Å². The molecule has 1 aromatic carbocycles. The number of hydrogen-bond acceptors (Lipinski definition) is 1. The molecule has 0 spiro atoms. The zero-order chi connectivity index (χ0) is 13.1. The minimum Gasteiger partial charge on any atom is -0.294 e. The van der Waals surface area contributed by atoms with E-state index < -0.39 is 0 Å². The molecule has 1 aromatic rings. The molecule has 1 nitrogen and oxygen atoms in total. The summed E-state index contributed by atoms with van der Waals surface area (Å²) in [6, 6.07) is 3.95. The molecular weight excluding hydrogens is 356 g/mol. The van der Waals surface area contributed by atoms with Gasteiger partial charge in [-0.1, -0.05) is 57.5 Å². The maximum Gasteiger partial charge on any atom is 0.164 e. The van der Waals surface area contributed by atoms with Crippen LogP contribution >= 0.6 is 31.9 Å². The second-order valence-electron chi connectivity index (χ2n) is 5.19. The number of ketones is 1. The van der Waals surface area contributed by atoms with Gasteiger partial charge in [-0.15, -0.1) is 0 Å². The van der Waals surface area contributed by atoms with Gasteiger partial charge in [0.25, 0.3) is 0 Å². The van der Waals surface area contributed by atoms with Gasteiger partial charge in [0.1, 0.15) is 0 Å². The summed E-state index contributed by atoms with van der Waals surface area (Å²) in [5.74, 6) is 1.04. The molecule has 18 heavy (non-hydrogen) atoms. The first-order chi connectivity index (χ1) is 8.58. The van der Waals surface area contributed by atoms with Crippen LogP contribution in [0.15, 0.2) is 21.1 Å². The van der Waals surface area contributed by atoms with E-state index in [1.54, 1.807) is 0 Å². The highest BCUT2D eigenvalue weighted by atomic mass is 79.9. The number of Topliss-reactive ketones (excluding diaryl/α,β-unsaturated/α-hetero) is 1. The second-order valence-corrected chi connectivity index (χ2v) is 6.90. The van der Waals surface area contributed by atoms with Gasteiger partial charge in [0.15, 0.2) is 5.78 Å². The van der Waals surface area contributed by atoms with Crippen molar-refractivity contribution in [1.29, 1.82) is 0 Å². The van der Waals surface area contributed by atoms with Crippen LogP contribution in [-0.4, -0.2) is 5.78 Å². The fourth-order valence-corrected chi connectivity index (χ4v) is 3.65. The predicted molar refractivity (Wildman–Crippen MR) is 82.1 cm³/mol. The van der Waals surface area contributed by atoms with Crippen LogP contribution in [0.5, 0.6) is 0 Å². The first kappa shape index (κ1) is 14.3. The molecule has 0 radical (unpaired) electrons. The van der Waals surface area contributed by atoms with Gasteiger partial charge < -0.3 is 0 Å². The van der Waals surface area contributed by atoms with Gasteiger partial charge in [-0.25, -0.2) is 0 Å². The van der Waals surface area contributed by atoms with Crippen molar-refractivity contribution in [3.63, 3.8) is 0 Å². The lowest BCUT2D eigenvalue weighted by atomic mass is 9.97. The van der Waals surface area contributed by atoms with Gasteiger partial charge in [0.2, 0.25) is 0 Å². The Hall–Kier alpha value is -0.150. The van der Waals surface area contributed by atoms with Gasteiger partial charge in [-0.3, -0.25) is 4.79 Å². The van der Waals surface area contributed by atoms with Crippen molar-refractivity contribution < 1.29 is 4.79 Å². The first-order valence-corrected chi connectivity index (χ1v) is 8.15. The second kappa shape index (κ2) is 6.33. The van der Waals surface area contributed by atoms with E-state index in [-0.39, 0.29) is 5.78 Å². The van der Waals surface area contributed by atoms with Gasteiger partial charge >= 0.3 is 0 Å². The van der Waals surface area contributed by atoms with E-state index in [0.29, 0.717) is 6.42 Å². The molecule has 0 bridgehead atoms. The fraction of sp³-hybridized carbons (Fsp3) is 0.533. The van der Waals surface area contributed by atoms with E-state index in [1.807, 2.05) is 19.1 Å². The molecule has 98 valence electrons. The van der Waals surface area contributed by atoms with Crippen molar-refractivity contribution in [1.82, 2.24) is 0 Å². The van der Waals surface area contributed by atoms with Crippen molar-refractivity contribution in [2.75, 3.05) is 0 Å². The Morgan fingerprint density at radius 1 is 1.22 bits per heavy atom. The largest absolute Gasteiger partial charge is 0.294 e. The Balaban J connectivity index is 2.01. The summed E-state index contributed by atoms with van der Waals surface area (Å²) in [7, 11) is 0. The zero-order valence-electron chi connectivity index (χ0n) is 10.6. The van der Waals surface area contributed by atoms with Crippen LogP contribution in [0.25, 0.3) is 0 Å². The van der Waals surface area contributed by atoms with Gasteiger partial charge in [0, 0.05) is 20.9 Å². The molecule has 0 amide bonds. The summed E-state index contributed by atoms with van der Waals surface area (Å²) in [6.07, 6.45) is 7.05. The molecule has 0 saturated heterocycles. The Bertz CT molecular complexity index is 448. The Labute approximate surface area is 126 Å². The summed E-state index contributed by atoms with van der Waals surface area (Å²) >= 11 is 6.99. The molecule has 1 saturated carbocycles. The van der Waals surface area contributed by atoms with Crippen LogP contribution in [-0.2, 0) is 0 Å². The summed E-state index contributed by atoms with van der Waals surface area (Å²) in [6.45, 7) is 2.03. The van der Waals surface area contributed by atoms with Crippen LogP contribution in [0.2, 0.25) is 0 Å². The molecule has 0 heterocycles. The van der Waals surface area contributed by atoms with Gasteiger partial charge in [-0.2, -0.15) is 0 Å². The summed E-state index contributed by atoms with van der Waals surface area (Å²) in [5, 5.41) is 0. The number of aryl methyl sites for hydroxylation is 1. The number of halogens is 2. The number of carbonyl (C=O) groups is 1. The Kier molecular flexibility index (Phi) is 5.02. The molecule has 2 rings (SSSR count). The molecule has 0 atom stereocenters. The maximum atomic E-state index is 12.2. The van der Waals surface area contributed by atoms with Crippen LogP contribution in [0.3, 0.4) is 0 Å². The van der Waals surface area contributed by atoms with Crippen molar-refractivity contribution in [2.45, 2.75) is 45.4 Å². The lowest BCUT2D eigenvalue weighted by Gasteiger charge is -2.10. The number of benzene rings is 1. The highest BCUT2D eigenvalue weighted by molar-refractivity contribution is 9.11. The first-order valence-electron chi connectivity index (χ1n) is 6.57. The highest BCUT2D eigenvalue weighted by Crippen LogP contribution is 2.31. The molecular formula is C15H18Br2O. The van der Waals surface area contributed by atoms with Crippen molar-refractivity contribution in [2.24, 2.45) is 5.92 Å². The van der Waals surface area contributed by atoms with E-state index >= 15 is 0 Å². The van der Waals surface area contributed by atoms with E-state index in [2.05, 4.69) is 31.9 Å². The fourth-order valence-electron chi connectivity index (χ4n) is 2.63. The average Bonchev–Trinajstić information content (AvgIpc) is 2.84. The molecule has 0 aromatic heterocycles. The Morgan fingerprint density at radius 3 is 2.56 bits per heavy atom. The zero-order valence-corrected chi connectivity index (χ0v) is 13.8. The lowest BCUT2D eigenvalue weighted by Crippen LogP contribution is -2.04. The van der Waals surface area contributed by atoms with Gasteiger partial charge in [0.05, 0.1) is 0 Å². The summed E-state index contributed by atoms with van der Waals surface area (Å²) in [4.78, 5) is 12.2. The van der Waals surface area contributed by atoms with Crippen LogP contribution in [0, 0.1) is 12.8 Å². The monoisotopic (exact) mass is 372 g/mol. The SMILES string of the molecule is Cc1cc(Br)c(C(=O)CCC2CCCC2)cc1Br. The predicted octanol–water partition coefficient (Wildman–Crippen LogP) is 5.67. The van der Waals surface area contributed by atoms with Crippen LogP contribution in [0.4, 0.5) is 0 Å². The maximum absolute atomic E-state index is 12.2. The van der Waals surface area contributed by atoms with Crippen molar-refractivity contribution in [3.05, 3.63) is 32.2 Å². The topological polar surface area (TPSA) is 17.1 Å². The van der Waals surface area contributed by atoms with Crippen molar-refractivity contribution >= 4 is 37.6 Å². The van der Waals surface area contributed by atoms with Crippen LogP contribution < -0.4 is 0 Å². The molecule has 1 aliphatic rings. The third-order valence-corrected chi connectivity index (χ3v) is 5.31. The van der Waals surface area contributed by atoms with Crippen LogP contribution in [0.1, 0.15) is 54.4 Å². The van der Waals surface area contributed by atoms with E-state index in [0.717, 1.165) is 32.4 Å². The van der Waals surface area contributed by atoms with Crippen molar-refractivity contribution in [3.8, 4) is 0 Å². The standard InChI is InChI=1S/C15H18Br2O/c1-10-8-14(17)12(9-13(10)16)15(18)7-6-11-4-2-3-5-11/h8-9,11H,2-7H2,1H3. The quantitative estimate of drug-likeness (QED) is 0.621. The Morgan fingerprint density at radius 2 is 1.89 bits per heavy atom. The van der Waals surface area contributed by atoms with E-state index in [4.69, 9.17) is 0 Å². The third kappa shape index (κ3) is 3.45. The summed E-state index contributed by atoms with van der Waals surface area (Å²) < 4.78 is 1.93. The average molecular weight is 374 g/mol.